The maximum absolute atomic E-state index is 12.7. The van der Waals surface area contributed by atoms with Crippen LogP contribution in [0, 0.1) is 6.92 Å². The maximum Gasteiger partial charge on any atom is 0.325 e. The van der Waals surface area contributed by atoms with Gasteiger partial charge in [0.05, 0.1) is 22.4 Å². The summed E-state index contributed by atoms with van der Waals surface area (Å²) < 4.78 is 0. The minimum atomic E-state index is -0.268. The summed E-state index contributed by atoms with van der Waals surface area (Å²) in [7, 11) is 0. The van der Waals surface area contributed by atoms with Gasteiger partial charge in [-0.3, -0.25) is 5.32 Å². The summed E-state index contributed by atoms with van der Waals surface area (Å²) in [6.07, 6.45) is 7.09. The van der Waals surface area contributed by atoms with Crippen LogP contribution in [0.3, 0.4) is 0 Å². The lowest BCUT2D eigenvalue weighted by Crippen LogP contribution is -2.31. The molecule has 3 heterocycles. The number of nitrogens with zero attached hydrogens (tertiary/aromatic N) is 3. The Morgan fingerprint density at radius 3 is 2.79 bits per heavy atom. The third-order valence-corrected chi connectivity index (χ3v) is 6.89. The highest BCUT2D eigenvalue weighted by Crippen LogP contribution is 2.30. The van der Waals surface area contributed by atoms with Crippen LogP contribution >= 0.6 is 11.3 Å². The van der Waals surface area contributed by atoms with Crippen molar-refractivity contribution in [3.8, 4) is 0 Å². The van der Waals surface area contributed by atoms with Gasteiger partial charge in [-0.1, -0.05) is 18.2 Å². The van der Waals surface area contributed by atoms with Crippen molar-refractivity contribution in [2.24, 2.45) is 0 Å². The zero-order chi connectivity index (χ0) is 22.6. The number of benzene rings is 2. The highest BCUT2D eigenvalue weighted by Gasteiger charge is 2.17. The van der Waals surface area contributed by atoms with Crippen LogP contribution in [-0.4, -0.2) is 34.1 Å². The number of aromatic amines is 1. The van der Waals surface area contributed by atoms with Crippen LogP contribution in [-0.2, 0) is 12.8 Å². The molecule has 8 heteroatoms. The van der Waals surface area contributed by atoms with Crippen molar-refractivity contribution in [3.05, 3.63) is 64.9 Å². The number of fused-ring (bicyclic) bond motifs is 1. The number of aromatic nitrogens is 3. The molecule has 0 bridgehead atoms. The van der Waals surface area contributed by atoms with Gasteiger partial charge in [0.1, 0.15) is 5.82 Å². The highest BCUT2D eigenvalue weighted by molar-refractivity contribution is 7.15. The Bertz CT molecular complexity index is 1220. The second kappa shape index (κ2) is 9.62. The van der Waals surface area contributed by atoms with Gasteiger partial charge in [-0.05, 0) is 62.4 Å². The number of aryl methyl sites for hydroxylation is 3. The molecule has 33 heavy (non-hydrogen) atoms. The molecular weight excluding hydrogens is 432 g/mol. The SMILES string of the molecule is Cc1ccc(NC(=O)Nc2ncc(CCc3nc4ccccc4[nH]3)s2)c(N2CCCCC2)c1. The van der Waals surface area contributed by atoms with E-state index in [0.29, 0.717) is 5.13 Å². The molecule has 0 saturated carbocycles. The minimum Gasteiger partial charge on any atom is -0.370 e. The molecule has 1 fully saturated rings. The molecule has 1 aliphatic heterocycles. The minimum absolute atomic E-state index is 0.268. The van der Waals surface area contributed by atoms with Crippen molar-refractivity contribution in [1.82, 2.24) is 15.0 Å². The summed E-state index contributed by atoms with van der Waals surface area (Å²) in [5.74, 6) is 0.960. The second-order valence-electron chi connectivity index (χ2n) is 8.48. The number of urea groups is 1. The van der Waals surface area contributed by atoms with Crippen LogP contribution in [0.15, 0.2) is 48.7 Å². The first-order valence-corrected chi connectivity index (χ1v) is 12.3. The monoisotopic (exact) mass is 460 g/mol. The second-order valence-corrected chi connectivity index (χ2v) is 9.60. The first kappa shape index (κ1) is 21.5. The van der Waals surface area contributed by atoms with Gasteiger partial charge >= 0.3 is 6.03 Å². The normalized spacial score (nSPS) is 13.9. The molecule has 4 aromatic rings. The number of piperidine rings is 1. The molecule has 2 amide bonds. The predicted octanol–water partition coefficient (Wildman–Crippen LogP) is 5.75. The van der Waals surface area contributed by atoms with Gasteiger partial charge in [0.25, 0.3) is 0 Å². The largest absolute Gasteiger partial charge is 0.370 e. The van der Waals surface area contributed by atoms with Gasteiger partial charge in [0, 0.05) is 30.6 Å². The predicted molar refractivity (Wildman–Crippen MR) is 136 cm³/mol. The number of carbonyl (C=O) groups excluding carboxylic acids is 1. The van der Waals surface area contributed by atoms with Gasteiger partial charge in [-0.15, -0.1) is 11.3 Å². The van der Waals surface area contributed by atoms with Crippen LogP contribution in [0.4, 0.5) is 21.3 Å². The first-order valence-electron chi connectivity index (χ1n) is 11.5. The Kier molecular flexibility index (Phi) is 6.26. The number of amides is 2. The van der Waals surface area contributed by atoms with Crippen LogP contribution in [0.5, 0.6) is 0 Å². The fraction of sp³-hybridized carbons (Fsp3) is 0.320. The van der Waals surface area contributed by atoms with Crippen molar-refractivity contribution in [2.45, 2.75) is 39.0 Å². The van der Waals surface area contributed by atoms with Gasteiger partial charge in [-0.25, -0.2) is 14.8 Å². The number of anilines is 3. The van der Waals surface area contributed by atoms with Gasteiger partial charge in [0.2, 0.25) is 0 Å². The molecule has 2 aromatic carbocycles. The van der Waals surface area contributed by atoms with Crippen molar-refractivity contribution < 1.29 is 4.79 Å². The molecule has 1 aliphatic rings. The summed E-state index contributed by atoms with van der Waals surface area (Å²) >= 11 is 1.50. The van der Waals surface area contributed by atoms with E-state index in [-0.39, 0.29) is 6.03 Å². The molecular formula is C25H28N6OS. The Morgan fingerprint density at radius 1 is 1.09 bits per heavy atom. The molecule has 7 nitrogen and oxygen atoms in total. The fourth-order valence-corrected chi connectivity index (χ4v) is 5.05. The van der Waals surface area contributed by atoms with Gasteiger partial charge in [-0.2, -0.15) is 0 Å². The number of hydrogen-bond acceptors (Lipinski definition) is 5. The smallest absolute Gasteiger partial charge is 0.325 e. The summed E-state index contributed by atoms with van der Waals surface area (Å²) in [5, 5.41) is 6.51. The quantitative estimate of drug-likeness (QED) is 0.342. The van der Waals surface area contributed by atoms with Crippen molar-refractivity contribution in [2.75, 3.05) is 28.6 Å². The molecule has 0 unspecified atom stereocenters. The Labute approximate surface area is 197 Å². The maximum atomic E-state index is 12.7. The van der Waals surface area contributed by atoms with E-state index in [1.165, 1.54) is 36.2 Å². The number of rotatable bonds is 6. The molecule has 2 aromatic heterocycles. The summed E-state index contributed by atoms with van der Waals surface area (Å²) in [6, 6.07) is 13.9. The van der Waals surface area contributed by atoms with E-state index in [0.717, 1.165) is 59.0 Å². The standard InChI is InChI=1S/C25H28N6OS/c1-17-9-11-21(22(15-17)31-13-5-2-6-14-31)29-24(32)30-25-26-16-18(33-25)10-12-23-27-19-7-3-4-8-20(19)28-23/h3-4,7-9,11,15-16H,2,5-6,10,12-14H2,1H3,(H,27,28)(H2,26,29,30,32). The van der Waals surface area contributed by atoms with E-state index >= 15 is 0 Å². The Balaban J connectivity index is 1.20. The number of carbonyl (C=O) groups is 1. The molecule has 170 valence electrons. The van der Waals surface area contributed by atoms with E-state index in [9.17, 15) is 4.79 Å². The van der Waals surface area contributed by atoms with E-state index in [4.69, 9.17) is 0 Å². The molecule has 0 atom stereocenters. The zero-order valence-electron chi connectivity index (χ0n) is 18.7. The van der Waals surface area contributed by atoms with E-state index in [2.05, 4.69) is 43.5 Å². The Hall–Kier alpha value is -3.39. The van der Waals surface area contributed by atoms with Crippen molar-refractivity contribution in [3.63, 3.8) is 0 Å². The molecule has 0 radical (unpaired) electrons. The average molecular weight is 461 g/mol. The number of nitrogens with one attached hydrogen (secondary N) is 3. The molecule has 3 N–H and O–H groups in total. The lowest BCUT2D eigenvalue weighted by molar-refractivity contribution is 0.262. The Morgan fingerprint density at radius 2 is 1.94 bits per heavy atom. The van der Waals surface area contributed by atoms with Crippen molar-refractivity contribution >= 4 is 44.9 Å². The van der Waals surface area contributed by atoms with Gasteiger partial charge in [0.15, 0.2) is 5.13 Å². The summed E-state index contributed by atoms with van der Waals surface area (Å²) in [5.41, 5.74) is 5.15. The van der Waals surface area contributed by atoms with Crippen molar-refractivity contribution in [1.29, 1.82) is 0 Å². The number of thiazole rings is 1. The molecule has 1 saturated heterocycles. The highest BCUT2D eigenvalue weighted by atomic mass is 32.1. The molecule has 0 spiro atoms. The molecule has 0 aliphatic carbocycles. The zero-order valence-corrected chi connectivity index (χ0v) is 19.5. The number of para-hydroxylation sites is 2. The third kappa shape index (κ3) is 5.17. The van der Waals surface area contributed by atoms with Crippen LogP contribution < -0.4 is 15.5 Å². The van der Waals surface area contributed by atoms with E-state index in [1.54, 1.807) is 0 Å². The topological polar surface area (TPSA) is 85.9 Å². The number of H-pyrrole nitrogens is 1. The fourth-order valence-electron chi connectivity index (χ4n) is 4.24. The lowest BCUT2D eigenvalue weighted by Gasteiger charge is -2.30. The van der Waals surface area contributed by atoms with Crippen LogP contribution in [0.25, 0.3) is 11.0 Å². The van der Waals surface area contributed by atoms with E-state index < -0.39 is 0 Å². The van der Waals surface area contributed by atoms with Crippen LogP contribution in [0.1, 0.15) is 35.5 Å². The summed E-state index contributed by atoms with van der Waals surface area (Å²) in [4.78, 5) is 28.5. The third-order valence-electron chi connectivity index (χ3n) is 5.92. The molecule has 5 rings (SSSR count). The number of imidazole rings is 1. The number of hydrogen-bond donors (Lipinski definition) is 3. The average Bonchev–Trinajstić information content (AvgIpc) is 3.45. The summed E-state index contributed by atoms with van der Waals surface area (Å²) in [6.45, 7) is 4.14. The lowest BCUT2D eigenvalue weighted by atomic mass is 10.1. The van der Waals surface area contributed by atoms with E-state index in [1.807, 2.05) is 42.6 Å². The van der Waals surface area contributed by atoms with Crippen LogP contribution in [0.2, 0.25) is 0 Å². The van der Waals surface area contributed by atoms with Gasteiger partial charge < -0.3 is 15.2 Å². The first-order chi connectivity index (χ1) is 16.1.